The monoisotopic (exact) mass is 296 g/mol. The molecule has 0 spiro atoms. The summed E-state index contributed by atoms with van der Waals surface area (Å²) < 4.78 is 5.61. The fraction of sp³-hybridized carbons (Fsp3) is 0.533. The molecule has 112 valence electrons. The zero-order valence-electron chi connectivity index (χ0n) is 12.3. The van der Waals surface area contributed by atoms with E-state index in [2.05, 4.69) is 37.1 Å². The van der Waals surface area contributed by atoms with Gasteiger partial charge < -0.3 is 15.4 Å². The zero-order valence-corrected chi connectivity index (χ0v) is 13.2. The van der Waals surface area contributed by atoms with E-state index in [1.165, 1.54) is 0 Å². The molecule has 1 atom stereocenters. The number of hydrogen-bond acceptors (Lipinski definition) is 4. The maximum atomic E-state index is 12.0. The Hall–Kier alpha value is -1.20. The lowest BCUT2D eigenvalue weighted by Gasteiger charge is -2.11. The van der Waals surface area contributed by atoms with Gasteiger partial charge in [0.1, 0.15) is 5.75 Å². The van der Waals surface area contributed by atoms with Crippen LogP contribution in [0.3, 0.4) is 0 Å². The third-order valence-corrected chi connectivity index (χ3v) is 2.71. The number of benzene rings is 1. The molecule has 0 aliphatic rings. The molecule has 1 rings (SSSR count). The van der Waals surface area contributed by atoms with Gasteiger partial charge in [-0.15, -0.1) is 0 Å². The Kier molecular flexibility index (Phi) is 7.47. The molecular weight excluding hydrogens is 272 g/mol. The van der Waals surface area contributed by atoms with E-state index in [0.717, 1.165) is 5.75 Å². The number of hydrogen-bond donors (Lipinski definition) is 3. The van der Waals surface area contributed by atoms with Gasteiger partial charge in [0.2, 0.25) is 0 Å². The first-order valence-corrected chi connectivity index (χ1v) is 7.43. The average molecular weight is 296 g/mol. The fourth-order valence-corrected chi connectivity index (χ4v) is 1.68. The number of thiol groups is 1. The van der Waals surface area contributed by atoms with E-state index < -0.39 is 0 Å². The maximum absolute atomic E-state index is 12.0. The molecule has 0 aliphatic heterocycles. The number of amides is 1. The van der Waals surface area contributed by atoms with Crippen LogP contribution >= 0.6 is 12.6 Å². The van der Waals surface area contributed by atoms with Gasteiger partial charge >= 0.3 is 0 Å². The molecule has 1 aromatic carbocycles. The highest BCUT2D eigenvalue weighted by Crippen LogP contribution is 2.14. The van der Waals surface area contributed by atoms with Crippen molar-refractivity contribution in [2.45, 2.75) is 26.1 Å². The minimum Gasteiger partial charge on any atom is -0.493 e. The zero-order chi connectivity index (χ0) is 15.0. The van der Waals surface area contributed by atoms with Crippen LogP contribution in [0.25, 0.3) is 0 Å². The Morgan fingerprint density at radius 2 is 2.05 bits per heavy atom. The van der Waals surface area contributed by atoms with Crippen LogP contribution in [0.1, 0.15) is 31.1 Å². The first-order chi connectivity index (χ1) is 9.49. The average Bonchev–Trinajstić information content (AvgIpc) is 2.41. The standard InChI is InChI=1S/C15H24N2O2S/c1-11(2)10-19-14-6-4-5-13(9-14)15(18)17-8-7-16-12(3)20/h4-6,9,11-12,16,20H,7-8,10H2,1-3H3,(H,17,18). The minimum absolute atomic E-state index is 0.0892. The van der Waals surface area contributed by atoms with Crippen LogP contribution in [0.15, 0.2) is 24.3 Å². The SMILES string of the molecule is CC(C)COc1cccc(C(=O)NCCNC(C)S)c1. The van der Waals surface area contributed by atoms with Gasteiger partial charge in [0, 0.05) is 24.0 Å². The summed E-state index contributed by atoms with van der Waals surface area (Å²) >= 11 is 4.21. The quantitative estimate of drug-likeness (QED) is 0.392. The second-order valence-corrected chi connectivity index (χ2v) is 5.89. The summed E-state index contributed by atoms with van der Waals surface area (Å²) in [7, 11) is 0. The van der Waals surface area contributed by atoms with Crippen molar-refractivity contribution in [2.24, 2.45) is 5.92 Å². The van der Waals surface area contributed by atoms with Gasteiger partial charge in [-0.1, -0.05) is 19.9 Å². The topological polar surface area (TPSA) is 50.4 Å². The summed E-state index contributed by atoms with van der Waals surface area (Å²) in [5.74, 6) is 1.10. The molecule has 20 heavy (non-hydrogen) atoms. The minimum atomic E-state index is -0.0892. The van der Waals surface area contributed by atoms with Crippen LogP contribution in [-0.4, -0.2) is 31.0 Å². The Labute approximate surface area is 126 Å². The number of carbonyl (C=O) groups is 1. The van der Waals surface area contributed by atoms with Gasteiger partial charge in [0.25, 0.3) is 5.91 Å². The second kappa shape index (κ2) is 8.87. The normalized spacial score (nSPS) is 12.2. The van der Waals surface area contributed by atoms with Crippen molar-refractivity contribution in [1.29, 1.82) is 0 Å². The Morgan fingerprint density at radius 3 is 2.70 bits per heavy atom. The third kappa shape index (κ3) is 6.82. The lowest BCUT2D eigenvalue weighted by atomic mass is 10.2. The van der Waals surface area contributed by atoms with Gasteiger partial charge in [0.05, 0.1) is 6.61 Å². The lowest BCUT2D eigenvalue weighted by molar-refractivity contribution is 0.0953. The first kappa shape index (κ1) is 16.9. The highest BCUT2D eigenvalue weighted by molar-refractivity contribution is 7.80. The predicted octanol–water partition coefficient (Wildman–Crippen LogP) is 2.32. The number of rotatable bonds is 8. The van der Waals surface area contributed by atoms with E-state index in [1.54, 1.807) is 12.1 Å². The molecule has 0 aromatic heterocycles. The molecule has 0 radical (unpaired) electrons. The van der Waals surface area contributed by atoms with Crippen molar-refractivity contribution < 1.29 is 9.53 Å². The summed E-state index contributed by atoms with van der Waals surface area (Å²) in [4.78, 5) is 12.0. The molecule has 0 fully saturated rings. The van der Waals surface area contributed by atoms with Gasteiger partial charge in [0.15, 0.2) is 0 Å². The van der Waals surface area contributed by atoms with E-state index in [0.29, 0.717) is 31.2 Å². The van der Waals surface area contributed by atoms with E-state index in [4.69, 9.17) is 4.74 Å². The van der Waals surface area contributed by atoms with Crippen molar-refractivity contribution in [3.63, 3.8) is 0 Å². The number of ether oxygens (including phenoxy) is 1. The van der Waals surface area contributed by atoms with Crippen LogP contribution in [0.4, 0.5) is 0 Å². The Balaban J connectivity index is 2.45. The summed E-state index contributed by atoms with van der Waals surface area (Å²) in [6.45, 7) is 8.04. The van der Waals surface area contributed by atoms with Crippen LogP contribution < -0.4 is 15.4 Å². The molecule has 5 heteroatoms. The van der Waals surface area contributed by atoms with Gasteiger partial charge in [-0.2, -0.15) is 12.6 Å². The Morgan fingerprint density at radius 1 is 1.30 bits per heavy atom. The smallest absolute Gasteiger partial charge is 0.251 e. The molecule has 1 unspecified atom stereocenters. The second-order valence-electron chi connectivity index (χ2n) is 5.12. The molecule has 1 aromatic rings. The highest BCUT2D eigenvalue weighted by Gasteiger charge is 2.06. The molecule has 0 bridgehead atoms. The van der Waals surface area contributed by atoms with Crippen molar-refractivity contribution in [2.75, 3.05) is 19.7 Å². The molecule has 0 aliphatic carbocycles. The van der Waals surface area contributed by atoms with E-state index in [1.807, 2.05) is 19.1 Å². The molecular formula is C15H24N2O2S. The summed E-state index contributed by atoms with van der Waals surface area (Å²) in [6, 6.07) is 7.25. The van der Waals surface area contributed by atoms with Crippen molar-refractivity contribution in [3.05, 3.63) is 29.8 Å². The largest absolute Gasteiger partial charge is 0.493 e. The molecule has 0 heterocycles. The highest BCUT2D eigenvalue weighted by atomic mass is 32.1. The molecule has 0 saturated carbocycles. The van der Waals surface area contributed by atoms with Gasteiger partial charge in [-0.05, 0) is 31.0 Å². The predicted molar refractivity (Wildman–Crippen MR) is 85.6 cm³/mol. The number of nitrogens with one attached hydrogen (secondary N) is 2. The van der Waals surface area contributed by atoms with Crippen molar-refractivity contribution >= 4 is 18.5 Å². The van der Waals surface area contributed by atoms with Crippen molar-refractivity contribution in [1.82, 2.24) is 10.6 Å². The van der Waals surface area contributed by atoms with Crippen LogP contribution in [0, 0.1) is 5.92 Å². The Bertz CT molecular complexity index is 422. The maximum Gasteiger partial charge on any atom is 0.251 e. The van der Waals surface area contributed by atoms with Crippen LogP contribution in [0.2, 0.25) is 0 Å². The lowest BCUT2D eigenvalue weighted by Crippen LogP contribution is -2.33. The third-order valence-electron chi connectivity index (χ3n) is 2.53. The van der Waals surface area contributed by atoms with Crippen LogP contribution in [0.5, 0.6) is 5.75 Å². The first-order valence-electron chi connectivity index (χ1n) is 6.91. The fourth-order valence-electron chi connectivity index (χ4n) is 1.55. The van der Waals surface area contributed by atoms with E-state index in [-0.39, 0.29) is 11.3 Å². The van der Waals surface area contributed by atoms with Gasteiger partial charge in [-0.3, -0.25) is 4.79 Å². The number of carbonyl (C=O) groups excluding carboxylic acids is 1. The van der Waals surface area contributed by atoms with E-state index in [9.17, 15) is 4.79 Å². The summed E-state index contributed by atoms with van der Waals surface area (Å²) in [6.07, 6.45) is 0. The molecule has 1 amide bonds. The summed E-state index contributed by atoms with van der Waals surface area (Å²) in [5, 5.41) is 6.10. The summed E-state index contributed by atoms with van der Waals surface area (Å²) in [5.41, 5.74) is 0.616. The molecule has 2 N–H and O–H groups in total. The molecule has 0 saturated heterocycles. The molecule has 4 nitrogen and oxygen atoms in total. The van der Waals surface area contributed by atoms with Gasteiger partial charge in [-0.25, -0.2) is 0 Å². The van der Waals surface area contributed by atoms with E-state index >= 15 is 0 Å². The van der Waals surface area contributed by atoms with Crippen LogP contribution in [-0.2, 0) is 0 Å². The van der Waals surface area contributed by atoms with Crippen molar-refractivity contribution in [3.8, 4) is 5.75 Å².